The molecule has 0 aliphatic carbocycles. The Labute approximate surface area is 85.9 Å². The fourth-order valence-electron chi connectivity index (χ4n) is 2.11. The quantitative estimate of drug-likeness (QED) is 0.363. The zero-order chi connectivity index (χ0) is 10.2. The average molecular weight is 165 g/mol. The molecule has 0 aliphatic heterocycles. The van der Waals surface area contributed by atoms with Gasteiger partial charge in [0.1, 0.15) is 39.2 Å². The number of benzene rings is 1. The molecule has 0 spiro atoms. The largest absolute Gasteiger partial charge is 0.138 e. The third-order valence-electron chi connectivity index (χ3n) is 3.51. The molecule has 0 bridgehead atoms. The van der Waals surface area contributed by atoms with Crippen molar-refractivity contribution < 1.29 is 0 Å². The average Bonchev–Trinajstić information content (AvgIpc) is 2.13. The van der Waals surface area contributed by atoms with Crippen molar-refractivity contribution in [3.8, 4) is 0 Å². The van der Waals surface area contributed by atoms with E-state index in [0.29, 0.717) is 0 Å². The monoisotopic (exact) mass is 166 g/mol. The van der Waals surface area contributed by atoms with Crippen LogP contribution in [0.4, 0.5) is 0 Å². The lowest BCUT2D eigenvalue weighted by atomic mass is 9.60. The van der Waals surface area contributed by atoms with Gasteiger partial charge in [-0.25, -0.2) is 0 Å². The highest BCUT2D eigenvalue weighted by molar-refractivity contribution is 6.67. The second kappa shape index (κ2) is 3.73. The van der Waals surface area contributed by atoms with Crippen molar-refractivity contribution in [3.63, 3.8) is 0 Å². The van der Waals surface area contributed by atoms with E-state index in [1.165, 1.54) is 27.3 Å². The summed E-state index contributed by atoms with van der Waals surface area (Å²) in [6, 6.07) is 0. The highest BCUT2D eigenvalue weighted by atomic mass is 14.0. The predicted octanol–water partition coefficient (Wildman–Crippen LogP) is -6.46. The van der Waals surface area contributed by atoms with Crippen LogP contribution in [0.15, 0.2) is 0 Å². The van der Waals surface area contributed by atoms with Gasteiger partial charge in [-0.1, -0.05) is 23.4 Å². The van der Waals surface area contributed by atoms with E-state index in [-0.39, 0.29) is 0 Å². The Morgan fingerprint density at radius 2 is 1.00 bits per heavy atom. The topological polar surface area (TPSA) is 0 Å². The van der Waals surface area contributed by atoms with Gasteiger partial charge in [0.05, 0.1) is 0 Å². The van der Waals surface area contributed by atoms with Gasteiger partial charge in [0.25, 0.3) is 0 Å². The maximum Gasteiger partial charge on any atom is 0.138 e. The van der Waals surface area contributed by atoms with Crippen molar-refractivity contribution in [1.82, 2.24) is 0 Å². The van der Waals surface area contributed by atoms with E-state index < -0.39 is 0 Å². The normalized spacial score (nSPS) is 10.2. The highest BCUT2D eigenvalue weighted by Gasteiger charge is 2.08. The molecule has 0 atom stereocenters. The minimum atomic E-state index is 1.15. The molecule has 1 rings (SSSR count). The zero-order valence-corrected chi connectivity index (χ0v) is 9.71. The van der Waals surface area contributed by atoms with Crippen LogP contribution in [-0.4, -0.2) is 39.2 Å². The van der Waals surface area contributed by atoms with Crippen molar-refractivity contribution in [2.45, 2.75) is 13.3 Å². The smallest absolute Gasteiger partial charge is 0.102 e. The summed E-state index contributed by atoms with van der Waals surface area (Å²) in [5.41, 5.74) is 8.93. The molecule has 0 saturated carbocycles. The van der Waals surface area contributed by atoms with Crippen LogP contribution in [-0.2, 0) is 6.42 Å². The van der Waals surface area contributed by atoms with E-state index >= 15 is 0 Å². The van der Waals surface area contributed by atoms with Gasteiger partial charge >= 0.3 is 0 Å². The predicted molar refractivity (Wildman–Crippen MR) is 76.7 cm³/mol. The minimum absolute atomic E-state index is 1.15. The fourth-order valence-corrected chi connectivity index (χ4v) is 2.11. The van der Waals surface area contributed by atoms with Gasteiger partial charge in [-0.2, -0.15) is 0 Å². The first-order chi connectivity index (χ1) is 6.00. The lowest BCUT2D eigenvalue weighted by molar-refractivity contribution is 1.17. The van der Waals surface area contributed by atoms with Gasteiger partial charge in [-0.3, -0.25) is 0 Å². The first-order valence-corrected chi connectivity index (χ1v) is 5.06. The summed E-state index contributed by atoms with van der Waals surface area (Å²) in [6.07, 6.45) is 1.15. The van der Waals surface area contributed by atoms with Crippen LogP contribution >= 0.6 is 0 Å². The summed E-state index contributed by atoms with van der Waals surface area (Å²) >= 11 is 0. The molecule has 0 N–H and O–H groups in total. The van der Waals surface area contributed by atoms with E-state index in [1.54, 1.807) is 5.56 Å². The van der Waals surface area contributed by atoms with E-state index in [2.05, 4.69) is 46.2 Å². The Morgan fingerprint density at radius 1 is 0.692 bits per heavy atom. The molecule has 62 valence electrons. The zero-order valence-electron chi connectivity index (χ0n) is 9.71. The van der Waals surface area contributed by atoms with Crippen LogP contribution < -0.4 is 27.3 Å². The van der Waals surface area contributed by atoms with E-state index in [1.807, 2.05) is 0 Å². The van der Waals surface area contributed by atoms with Gasteiger partial charge in [0.2, 0.25) is 0 Å². The van der Waals surface area contributed by atoms with Crippen LogP contribution in [0, 0.1) is 0 Å². The van der Waals surface area contributed by atoms with Crippen molar-refractivity contribution in [1.29, 1.82) is 0 Å². The summed E-state index contributed by atoms with van der Waals surface area (Å²) in [4.78, 5) is 0. The summed E-state index contributed by atoms with van der Waals surface area (Å²) in [5.74, 6) is 0. The summed E-state index contributed by atoms with van der Waals surface area (Å²) in [6.45, 7) is 2.24. The minimum Gasteiger partial charge on any atom is -0.102 e. The van der Waals surface area contributed by atoms with Crippen LogP contribution in [0.25, 0.3) is 0 Å². The summed E-state index contributed by atoms with van der Waals surface area (Å²) in [7, 11) is 11.2. The summed E-state index contributed by atoms with van der Waals surface area (Å²) in [5, 5.41) is 0. The van der Waals surface area contributed by atoms with E-state index in [4.69, 9.17) is 0 Å². The molecule has 1 aromatic rings. The highest BCUT2D eigenvalue weighted by Crippen LogP contribution is 1.85. The standard InChI is InChI=1S/C8H15B5/c1-2-3-4(9)6(11)8(13)7(12)5(3)10/h2,9-13H2,1H3. The molecule has 0 radical (unpaired) electrons. The molecular weight excluding hydrogens is 150 g/mol. The third kappa shape index (κ3) is 1.61. The molecular formula is C8H15B5. The van der Waals surface area contributed by atoms with Crippen LogP contribution in [0.1, 0.15) is 12.5 Å². The molecule has 0 unspecified atom stereocenters. The van der Waals surface area contributed by atoms with E-state index in [0.717, 1.165) is 6.42 Å². The Bertz CT molecular complexity index is 316. The Hall–Kier alpha value is -0.455. The Balaban J connectivity index is 3.56. The van der Waals surface area contributed by atoms with Crippen LogP contribution in [0.5, 0.6) is 0 Å². The van der Waals surface area contributed by atoms with Gasteiger partial charge in [-0.15, -0.1) is 16.4 Å². The van der Waals surface area contributed by atoms with Crippen LogP contribution in [0.3, 0.4) is 0 Å². The molecule has 1 aromatic carbocycles. The van der Waals surface area contributed by atoms with E-state index in [9.17, 15) is 0 Å². The SMILES string of the molecule is Bc1c(B)c(B)c(CC)c(B)c1B. The molecule has 0 amide bonds. The molecule has 13 heavy (non-hydrogen) atoms. The van der Waals surface area contributed by atoms with Crippen molar-refractivity contribution in [2.24, 2.45) is 0 Å². The second-order valence-corrected chi connectivity index (χ2v) is 3.96. The van der Waals surface area contributed by atoms with Crippen molar-refractivity contribution in [3.05, 3.63) is 5.56 Å². The third-order valence-corrected chi connectivity index (χ3v) is 3.51. The molecule has 0 fully saturated rings. The van der Waals surface area contributed by atoms with Crippen molar-refractivity contribution >= 4 is 66.5 Å². The van der Waals surface area contributed by atoms with Gasteiger partial charge in [-0.05, 0) is 6.42 Å². The van der Waals surface area contributed by atoms with Gasteiger partial charge < -0.3 is 0 Å². The number of rotatable bonds is 1. The molecule has 5 heteroatoms. The van der Waals surface area contributed by atoms with Gasteiger partial charge in [0, 0.05) is 0 Å². The van der Waals surface area contributed by atoms with Crippen LogP contribution in [0.2, 0.25) is 0 Å². The lowest BCUT2D eigenvalue weighted by Crippen LogP contribution is -2.56. The molecule has 0 aromatic heterocycles. The fraction of sp³-hybridized carbons (Fsp3) is 0.250. The molecule has 0 nitrogen and oxygen atoms in total. The second-order valence-electron chi connectivity index (χ2n) is 3.96. The molecule has 0 saturated heterocycles. The number of hydrogen-bond donors (Lipinski definition) is 0. The Kier molecular flexibility index (Phi) is 3.05. The summed E-state index contributed by atoms with van der Waals surface area (Å²) < 4.78 is 0. The van der Waals surface area contributed by atoms with Crippen molar-refractivity contribution in [2.75, 3.05) is 0 Å². The Morgan fingerprint density at radius 3 is 1.31 bits per heavy atom. The molecule has 0 aliphatic rings. The maximum absolute atomic E-state index is 2.24. The lowest BCUT2D eigenvalue weighted by Gasteiger charge is -2.18. The molecule has 0 heterocycles. The van der Waals surface area contributed by atoms with Gasteiger partial charge in [0.15, 0.2) is 0 Å². The first kappa shape index (κ1) is 10.6. The maximum atomic E-state index is 2.24. The number of hydrogen-bond acceptors (Lipinski definition) is 0. The first-order valence-electron chi connectivity index (χ1n) is 5.06.